The predicted molar refractivity (Wildman–Crippen MR) is 76.7 cm³/mol. The zero-order valence-electron chi connectivity index (χ0n) is 11.2. The second kappa shape index (κ2) is 6.02. The van der Waals surface area contributed by atoms with E-state index in [1.54, 1.807) is 24.3 Å². The van der Waals surface area contributed by atoms with Gasteiger partial charge in [0.1, 0.15) is 0 Å². The minimum Gasteiger partial charge on any atom is -0.490 e. The molecule has 0 aliphatic rings. The van der Waals surface area contributed by atoms with Crippen LogP contribution in [0.5, 0.6) is 5.75 Å². The molecule has 108 valence electrons. The fraction of sp³-hybridized carbons (Fsp3) is 0.0714. The number of carbonyl (C=O) groups is 1. The molecule has 0 saturated heterocycles. The molecule has 3 N–H and O–H groups in total. The lowest BCUT2D eigenvalue weighted by molar-refractivity contribution is -0.385. The van der Waals surface area contributed by atoms with Crippen LogP contribution in [0.2, 0.25) is 0 Å². The van der Waals surface area contributed by atoms with Crippen molar-refractivity contribution in [1.82, 2.24) is 5.43 Å². The number of nitro benzene ring substituents is 1. The van der Waals surface area contributed by atoms with Crippen LogP contribution in [0, 0.1) is 10.1 Å². The quantitative estimate of drug-likeness (QED) is 0.386. The van der Waals surface area contributed by atoms with Gasteiger partial charge in [-0.1, -0.05) is 30.3 Å². The summed E-state index contributed by atoms with van der Waals surface area (Å²) >= 11 is 0. The zero-order chi connectivity index (χ0) is 15.4. The number of rotatable bonds is 4. The number of nitrogens with two attached hydrogens (primary N) is 1. The fourth-order valence-electron chi connectivity index (χ4n) is 2.01. The number of hydrogen-bond acceptors (Lipinski definition) is 5. The van der Waals surface area contributed by atoms with E-state index in [1.807, 2.05) is 11.5 Å². The maximum atomic E-state index is 11.8. The fourth-order valence-corrected chi connectivity index (χ4v) is 2.01. The van der Waals surface area contributed by atoms with Crippen molar-refractivity contribution in [2.45, 2.75) is 0 Å². The number of hydrazine groups is 1. The highest BCUT2D eigenvalue weighted by Gasteiger charge is 2.24. The van der Waals surface area contributed by atoms with Crippen LogP contribution >= 0.6 is 0 Å². The molecule has 1 amide bonds. The number of nitrogen functional groups attached to an aromatic ring is 1. The molecule has 2 aromatic rings. The van der Waals surface area contributed by atoms with E-state index >= 15 is 0 Å². The number of nitrogens with one attached hydrogen (secondary N) is 1. The van der Waals surface area contributed by atoms with Crippen LogP contribution in [0.3, 0.4) is 0 Å². The largest absolute Gasteiger partial charge is 0.490 e. The smallest absolute Gasteiger partial charge is 0.312 e. The van der Waals surface area contributed by atoms with Crippen LogP contribution in [0.4, 0.5) is 5.69 Å². The van der Waals surface area contributed by atoms with Crippen molar-refractivity contribution in [2.75, 3.05) is 7.11 Å². The minimum absolute atomic E-state index is 0.00746. The lowest BCUT2D eigenvalue weighted by atomic mass is 10.0. The number of hydrogen-bond donors (Lipinski definition) is 2. The Hall–Kier alpha value is -2.93. The van der Waals surface area contributed by atoms with Crippen molar-refractivity contribution < 1.29 is 14.5 Å². The molecule has 2 aromatic carbocycles. The van der Waals surface area contributed by atoms with Gasteiger partial charge in [-0.15, -0.1) is 0 Å². The number of carbonyl (C=O) groups excluding carboxylic acids is 1. The van der Waals surface area contributed by atoms with Gasteiger partial charge in [0.05, 0.1) is 17.6 Å². The second-order valence-electron chi connectivity index (χ2n) is 4.17. The van der Waals surface area contributed by atoms with Gasteiger partial charge in [-0.05, 0) is 17.2 Å². The van der Waals surface area contributed by atoms with Gasteiger partial charge in [-0.2, -0.15) is 0 Å². The summed E-state index contributed by atoms with van der Waals surface area (Å²) in [6, 6.07) is 11.9. The van der Waals surface area contributed by atoms with Crippen molar-refractivity contribution >= 4 is 11.6 Å². The normalized spacial score (nSPS) is 10.0. The number of benzene rings is 2. The lowest BCUT2D eigenvalue weighted by Gasteiger charge is -2.10. The van der Waals surface area contributed by atoms with Gasteiger partial charge in [0.25, 0.3) is 5.91 Å². The van der Waals surface area contributed by atoms with Crippen LogP contribution in [-0.4, -0.2) is 17.9 Å². The Balaban J connectivity index is 2.72. The average Bonchev–Trinajstić information content (AvgIpc) is 2.53. The maximum Gasteiger partial charge on any atom is 0.312 e. The molecule has 0 heterocycles. The Bertz CT molecular complexity index is 686. The summed E-state index contributed by atoms with van der Waals surface area (Å²) in [6.45, 7) is 0. The highest BCUT2D eigenvalue weighted by atomic mass is 16.6. The monoisotopic (exact) mass is 287 g/mol. The minimum atomic E-state index is -0.660. The molecule has 7 heteroatoms. The summed E-state index contributed by atoms with van der Waals surface area (Å²) in [6.07, 6.45) is 0. The highest BCUT2D eigenvalue weighted by molar-refractivity contribution is 5.99. The molecule has 0 fully saturated rings. The third-order valence-electron chi connectivity index (χ3n) is 2.95. The summed E-state index contributed by atoms with van der Waals surface area (Å²) in [4.78, 5) is 22.4. The van der Waals surface area contributed by atoms with Crippen LogP contribution in [0.15, 0.2) is 42.5 Å². The van der Waals surface area contributed by atoms with Gasteiger partial charge in [-0.25, -0.2) is 5.84 Å². The van der Waals surface area contributed by atoms with Crippen molar-refractivity contribution in [3.05, 3.63) is 58.1 Å². The Morgan fingerprint density at radius 1 is 1.24 bits per heavy atom. The molecule has 0 aliphatic heterocycles. The Labute approximate surface area is 120 Å². The molecule has 0 saturated carbocycles. The average molecular weight is 287 g/mol. The Morgan fingerprint density at radius 2 is 1.90 bits per heavy atom. The standard InChI is InChI=1S/C14H13N3O4/c1-21-13-11(14(18)16-15)7-10(8-12(13)17(19)20)9-5-3-2-4-6-9/h2-8H,15H2,1H3,(H,16,18). The first kappa shape index (κ1) is 14.5. The zero-order valence-corrected chi connectivity index (χ0v) is 11.2. The summed E-state index contributed by atoms with van der Waals surface area (Å²) in [5.74, 6) is 4.34. The maximum absolute atomic E-state index is 11.8. The first-order valence-corrected chi connectivity index (χ1v) is 6.01. The molecule has 0 bridgehead atoms. The first-order chi connectivity index (χ1) is 10.1. The molecule has 0 radical (unpaired) electrons. The van der Waals surface area contributed by atoms with Crippen LogP contribution in [0.1, 0.15) is 10.4 Å². The molecule has 7 nitrogen and oxygen atoms in total. The number of nitro groups is 1. The third kappa shape index (κ3) is 2.82. The molecule has 0 aromatic heterocycles. The molecule has 2 rings (SSSR count). The Morgan fingerprint density at radius 3 is 2.43 bits per heavy atom. The van der Waals surface area contributed by atoms with E-state index in [9.17, 15) is 14.9 Å². The number of ether oxygens (including phenoxy) is 1. The number of methoxy groups -OCH3 is 1. The van der Waals surface area contributed by atoms with Gasteiger partial charge < -0.3 is 4.74 Å². The summed E-state index contributed by atoms with van der Waals surface area (Å²) < 4.78 is 4.99. The lowest BCUT2D eigenvalue weighted by Crippen LogP contribution is -2.30. The van der Waals surface area contributed by atoms with E-state index in [4.69, 9.17) is 10.6 Å². The third-order valence-corrected chi connectivity index (χ3v) is 2.95. The second-order valence-corrected chi connectivity index (χ2v) is 4.17. The van der Waals surface area contributed by atoms with E-state index in [1.165, 1.54) is 19.2 Å². The SMILES string of the molecule is COc1c(C(=O)NN)cc(-c2ccccc2)cc1[N+](=O)[O-]. The van der Waals surface area contributed by atoms with Crippen LogP contribution < -0.4 is 16.0 Å². The van der Waals surface area contributed by atoms with Crippen LogP contribution in [0.25, 0.3) is 11.1 Å². The predicted octanol–water partition coefficient (Wildman–Crippen LogP) is 1.87. The van der Waals surface area contributed by atoms with E-state index in [0.29, 0.717) is 5.56 Å². The van der Waals surface area contributed by atoms with E-state index in [2.05, 4.69) is 0 Å². The molecule has 21 heavy (non-hydrogen) atoms. The molecule has 0 aliphatic carbocycles. The van der Waals surface area contributed by atoms with Crippen LogP contribution in [-0.2, 0) is 0 Å². The van der Waals surface area contributed by atoms with Crippen molar-refractivity contribution in [2.24, 2.45) is 5.84 Å². The Kier molecular flexibility index (Phi) is 4.15. The van der Waals surface area contributed by atoms with Gasteiger partial charge in [0.15, 0.2) is 0 Å². The number of amides is 1. The van der Waals surface area contributed by atoms with Crippen molar-refractivity contribution in [3.63, 3.8) is 0 Å². The van der Waals surface area contributed by atoms with Crippen molar-refractivity contribution in [1.29, 1.82) is 0 Å². The van der Waals surface area contributed by atoms with Gasteiger partial charge in [-0.3, -0.25) is 20.3 Å². The van der Waals surface area contributed by atoms with E-state index in [-0.39, 0.29) is 17.0 Å². The molecule has 0 spiro atoms. The summed E-state index contributed by atoms with van der Waals surface area (Å²) in [5.41, 5.74) is 2.95. The summed E-state index contributed by atoms with van der Waals surface area (Å²) in [7, 11) is 1.26. The first-order valence-electron chi connectivity index (χ1n) is 6.01. The van der Waals surface area contributed by atoms with Gasteiger partial charge in [0, 0.05) is 6.07 Å². The highest BCUT2D eigenvalue weighted by Crippen LogP contribution is 2.36. The topological polar surface area (TPSA) is 107 Å². The van der Waals surface area contributed by atoms with E-state index < -0.39 is 10.8 Å². The number of nitrogens with zero attached hydrogens (tertiary/aromatic N) is 1. The van der Waals surface area contributed by atoms with Gasteiger partial charge >= 0.3 is 5.69 Å². The molecular formula is C14H13N3O4. The summed E-state index contributed by atoms with van der Waals surface area (Å²) in [5, 5.41) is 11.2. The van der Waals surface area contributed by atoms with Crippen molar-refractivity contribution in [3.8, 4) is 16.9 Å². The molecule has 0 unspecified atom stereocenters. The van der Waals surface area contributed by atoms with E-state index in [0.717, 1.165) is 5.56 Å². The molecular weight excluding hydrogens is 274 g/mol. The van der Waals surface area contributed by atoms with Gasteiger partial charge in [0.2, 0.25) is 5.75 Å². The molecule has 0 atom stereocenters.